The topological polar surface area (TPSA) is 271 Å². The number of carbonyl (C=O) groups is 2. The zero-order valence-corrected chi connectivity index (χ0v) is 18.9. The zero-order chi connectivity index (χ0) is 26.5. The van der Waals surface area contributed by atoms with E-state index in [4.69, 9.17) is 24.7 Å². The minimum Gasteiger partial charge on any atom is -0.477 e. The molecular weight excluding hydrogens is 480 g/mol. The summed E-state index contributed by atoms with van der Waals surface area (Å²) in [5.74, 6) is -5.10. The highest BCUT2D eigenvalue weighted by Crippen LogP contribution is 2.34. The van der Waals surface area contributed by atoms with Gasteiger partial charge in [-0.2, -0.15) is 0 Å². The maximum atomic E-state index is 12.2. The van der Waals surface area contributed by atoms with Gasteiger partial charge in [0, 0.05) is 19.9 Å². The number of nitrogens with one attached hydrogen (secondary N) is 1. The molecule has 2 heterocycles. The smallest absolute Gasteiger partial charge is 0.364 e. The SMILES string of the molecule is CC(=O)NC1C(O)CC(OCC2OC(OCCN)C(O)C(O)C2O)(C(=O)O)OC1C(O)C(O)CO. The fourth-order valence-corrected chi connectivity index (χ4v) is 3.87. The van der Waals surface area contributed by atoms with Gasteiger partial charge in [0.05, 0.1) is 32.0 Å². The van der Waals surface area contributed by atoms with E-state index in [1.54, 1.807) is 0 Å². The summed E-state index contributed by atoms with van der Waals surface area (Å²) in [5.41, 5.74) is 5.33. The number of carbonyl (C=O) groups excluding carboxylic acids is 1. The molecule has 16 nitrogen and oxygen atoms in total. The van der Waals surface area contributed by atoms with Gasteiger partial charge in [-0.1, -0.05) is 0 Å². The number of carboxylic acid groups (broad SMARTS) is 1. The molecule has 0 aromatic heterocycles. The summed E-state index contributed by atoms with van der Waals surface area (Å²) in [6, 6.07) is -1.39. The fourth-order valence-electron chi connectivity index (χ4n) is 3.87. The molecule has 0 aromatic carbocycles. The molecule has 2 fully saturated rings. The Balaban J connectivity index is 2.26. The first-order valence-corrected chi connectivity index (χ1v) is 10.9. The average Bonchev–Trinajstić information content (AvgIpc) is 2.81. The monoisotopic (exact) mass is 514 g/mol. The number of nitrogens with two attached hydrogens (primary N) is 1. The largest absolute Gasteiger partial charge is 0.477 e. The molecule has 0 aliphatic carbocycles. The lowest BCUT2D eigenvalue weighted by atomic mass is 9.88. The maximum absolute atomic E-state index is 12.2. The molecule has 11 unspecified atom stereocenters. The molecule has 2 aliphatic rings. The number of carboxylic acids is 1. The number of hydrogen-bond acceptors (Lipinski definition) is 14. The van der Waals surface area contributed by atoms with Crippen LogP contribution < -0.4 is 11.1 Å². The van der Waals surface area contributed by atoms with Crippen LogP contribution in [0.15, 0.2) is 0 Å². The Hall–Kier alpha value is -1.54. The molecule has 11 N–H and O–H groups in total. The van der Waals surface area contributed by atoms with Gasteiger partial charge in [0.1, 0.15) is 42.7 Å². The van der Waals surface area contributed by atoms with Crippen LogP contribution in [0.4, 0.5) is 0 Å². The van der Waals surface area contributed by atoms with E-state index in [1.807, 2.05) is 0 Å². The molecule has 16 heteroatoms. The summed E-state index contributed by atoms with van der Waals surface area (Å²) in [6.07, 6.45) is -16.0. The van der Waals surface area contributed by atoms with Crippen LogP contribution in [0.3, 0.4) is 0 Å². The second-order valence-electron chi connectivity index (χ2n) is 8.36. The van der Waals surface area contributed by atoms with Crippen LogP contribution in [0.2, 0.25) is 0 Å². The lowest BCUT2D eigenvalue weighted by Crippen LogP contribution is -2.68. The third kappa shape index (κ3) is 6.82. The van der Waals surface area contributed by atoms with Gasteiger partial charge in [-0.3, -0.25) is 4.79 Å². The number of aliphatic hydroxyl groups excluding tert-OH is 7. The predicted molar refractivity (Wildman–Crippen MR) is 110 cm³/mol. The number of ether oxygens (including phenoxy) is 4. The number of hydrogen-bond donors (Lipinski definition) is 10. The number of amides is 1. The van der Waals surface area contributed by atoms with Gasteiger partial charge in [-0.05, 0) is 0 Å². The third-order valence-corrected chi connectivity index (χ3v) is 5.74. The van der Waals surface area contributed by atoms with Crippen molar-refractivity contribution in [1.82, 2.24) is 5.32 Å². The highest BCUT2D eigenvalue weighted by Gasteiger charge is 2.56. The molecule has 0 saturated carbocycles. The van der Waals surface area contributed by atoms with Crippen LogP contribution >= 0.6 is 0 Å². The number of aliphatic carboxylic acids is 1. The Labute approximate surface area is 199 Å². The molecule has 2 saturated heterocycles. The summed E-state index contributed by atoms with van der Waals surface area (Å²) >= 11 is 0. The summed E-state index contributed by atoms with van der Waals surface area (Å²) < 4.78 is 21.4. The summed E-state index contributed by atoms with van der Waals surface area (Å²) in [4.78, 5) is 23.7. The Morgan fingerprint density at radius 2 is 1.83 bits per heavy atom. The van der Waals surface area contributed by atoms with E-state index in [2.05, 4.69) is 5.32 Å². The first kappa shape index (κ1) is 29.7. The fraction of sp³-hybridized carbons (Fsp3) is 0.895. The van der Waals surface area contributed by atoms with Crippen molar-refractivity contribution in [3.63, 3.8) is 0 Å². The Bertz CT molecular complexity index is 715. The number of rotatable bonds is 11. The minimum atomic E-state index is -2.67. The van der Waals surface area contributed by atoms with Crippen molar-refractivity contribution in [3.05, 3.63) is 0 Å². The highest BCUT2D eigenvalue weighted by molar-refractivity contribution is 5.76. The van der Waals surface area contributed by atoms with Gasteiger partial charge in [0.15, 0.2) is 6.29 Å². The summed E-state index contributed by atoms with van der Waals surface area (Å²) in [5, 5.41) is 82.6. The van der Waals surface area contributed by atoms with Crippen molar-refractivity contribution in [2.75, 3.05) is 26.4 Å². The summed E-state index contributed by atoms with van der Waals surface area (Å²) in [6.45, 7) is -0.623. The van der Waals surface area contributed by atoms with E-state index in [1.165, 1.54) is 0 Å². The van der Waals surface area contributed by atoms with Gasteiger partial charge in [-0.25, -0.2) is 4.79 Å². The van der Waals surface area contributed by atoms with E-state index < -0.39 is 98.5 Å². The normalized spacial score (nSPS) is 39.6. The highest BCUT2D eigenvalue weighted by atomic mass is 16.7. The van der Waals surface area contributed by atoms with Crippen LogP contribution in [0.5, 0.6) is 0 Å². The third-order valence-electron chi connectivity index (χ3n) is 5.74. The van der Waals surface area contributed by atoms with Crippen LogP contribution in [-0.4, -0.2) is 146 Å². The van der Waals surface area contributed by atoms with Crippen molar-refractivity contribution in [2.45, 2.75) is 80.3 Å². The quantitative estimate of drug-likeness (QED) is 0.123. The Kier molecular flexibility index (Phi) is 10.7. The molecule has 35 heavy (non-hydrogen) atoms. The van der Waals surface area contributed by atoms with Crippen molar-refractivity contribution in [3.8, 4) is 0 Å². The van der Waals surface area contributed by atoms with E-state index in [0.29, 0.717) is 0 Å². The van der Waals surface area contributed by atoms with Gasteiger partial charge in [-0.15, -0.1) is 0 Å². The molecule has 2 aliphatic heterocycles. The first-order valence-electron chi connectivity index (χ1n) is 10.9. The predicted octanol–water partition coefficient (Wildman–Crippen LogP) is -6.06. The van der Waals surface area contributed by atoms with Crippen molar-refractivity contribution in [1.29, 1.82) is 0 Å². The molecule has 11 atom stereocenters. The van der Waals surface area contributed by atoms with Gasteiger partial charge >= 0.3 is 5.97 Å². The van der Waals surface area contributed by atoms with Crippen molar-refractivity contribution in [2.24, 2.45) is 5.73 Å². The van der Waals surface area contributed by atoms with Gasteiger partial charge < -0.3 is 70.9 Å². The molecule has 2 rings (SSSR count). The molecule has 0 radical (unpaired) electrons. The van der Waals surface area contributed by atoms with Crippen LogP contribution in [-0.2, 0) is 28.5 Å². The van der Waals surface area contributed by atoms with E-state index in [9.17, 15) is 50.4 Å². The van der Waals surface area contributed by atoms with E-state index in [-0.39, 0.29) is 13.2 Å². The second kappa shape index (κ2) is 12.6. The summed E-state index contributed by atoms with van der Waals surface area (Å²) in [7, 11) is 0. The van der Waals surface area contributed by atoms with Crippen molar-refractivity contribution >= 4 is 11.9 Å². The molecule has 1 amide bonds. The number of aliphatic hydroxyl groups is 7. The molecular formula is C19H34N2O14. The molecule has 0 aromatic rings. The van der Waals surface area contributed by atoms with Gasteiger partial charge in [0.25, 0.3) is 5.79 Å². The standard InChI is InChI=1S/C19H34N2O14/c1-7(23)21-11-8(24)4-19(18(30)31,35-16(11)12(26)9(25)5-22)33-6-10-13(27)14(28)15(29)17(34-10)32-3-2-20/h8-17,22,24-29H,2-6,20H2,1H3,(H,21,23)(H,30,31). The van der Waals surface area contributed by atoms with E-state index >= 15 is 0 Å². The average molecular weight is 514 g/mol. The van der Waals surface area contributed by atoms with Crippen LogP contribution in [0, 0.1) is 0 Å². The van der Waals surface area contributed by atoms with Gasteiger partial charge in [0.2, 0.25) is 5.91 Å². The first-order chi connectivity index (χ1) is 16.4. The molecule has 0 bridgehead atoms. The lowest BCUT2D eigenvalue weighted by Gasteiger charge is -2.47. The van der Waals surface area contributed by atoms with Crippen molar-refractivity contribution < 1.29 is 69.4 Å². The van der Waals surface area contributed by atoms with Crippen LogP contribution in [0.25, 0.3) is 0 Å². The Morgan fingerprint density at radius 1 is 1.17 bits per heavy atom. The molecule has 0 spiro atoms. The zero-order valence-electron chi connectivity index (χ0n) is 18.9. The minimum absolute atomic E-state index is 0.0547. The second-order valence-corrected chi connectivity index (χ2v) is 8.36. The van der Waals surface area contributed by atoms with Crippen LogP contribution in [0.1, 0.15) is 13.3 Å². The lowest BCUT2D eigenvalue weighted by molar-refractivity contribution is -0.338. The Morgan fingerprint density at radius 3 is 2.37 bits per heavy atom. The molecule has 204 valence electrons. The maximum Gasteiger partial charge on any atom is 0.364 e. The van der Waals surface area contributed by atoms with E-state index in [0.717, 1.165) is 6.92 Å².